The molecular weight excluding hydrogens is 869 g/mol. The van der Waals surface area contributed by atoms with Crippen molar-refractivity contribution in [1.82, 2.24) is 4.57 Å². The molecule has 338 valence electrons. The molecule has 1 heterocycles. The summed E-state index contributed by atoms with van der Waals surface area (Å²) in [7, 11) is 0. The van der Waals surface area contributed by atoms with E-state index in [4.69, 9.17) is 0 Å². The lowest BCUT2D eigenvalue weighted by Crippen LogP contribution is -2.09. The number of aromatic nitrogens is 1. The van der Waals surface area contributed by atoms with Gasteiger partial charge in [0.2, 0.25) is 0 Å². The quantitative estimate of drug-likeness (QED) is 0.133. The first-order valence-electron chi connectivity index (χ1n) is 24.7. The summed E-state index contributed by atoms with van der Waals surface area (Å²) in [6, 6.07) is 106. The SMILES string of the molecule is c1ccc(-c2ccc(N(c3ccc(-c4ccccc4)cc3)c3ccc(-c4ccc(-c5ccccc5-n5c6cc(-c7ccccc7)ccc6c6ccc(-c7cccc8ccccc78)cc65)cc4)cc3)cc2)cc1. The largest absolute Gasteiger partial charge is 0.311 e. The van der Waals surface area contributed by atoms with E-state index >= 15 is 0 Å². The lowest BCUT2D eigenvalue weighted by atomic mass is 9.97. The smallest absolute Gasteiger partial charge is 0.0547 e. The maximum Gasteiger partial charge on any atom is 0.0547 e. The summed E-state index contributed by atoms with van der Waals surface area (Å²) >= 11 is 0. The molecule has 0 aliphatic heterocycles. The first kappa shape index (κ1) is 42.6. The Bertz CT molecular complexity index is 3940. The van der Waals surface area contributed by atoms with E-state index < -0.39 is 0 Å². The van der Waals surface area contributed by atoms with Gasteiger partial charge >= 0.3 is 0 Å². The second kappa shape index (κ2) is 18.4. The fraction of sp³-hybridized carbons (Fsp3) is 0. The molecule has 0 spiro atoms. The molecule has 0 aliphatic carbocycles. The second-order valence-electron chi connectivity index (χ2n) is 18.5. The van der Waals surface area contributed by atoms with Crippen LogP contribution in [0.5, 0.6) is 0 Å². The van der Waals surface area contributed by atoms with Gasteiger partial charge in [-0.2, -0.15) is 0 Å². The Hall–Kier alpha value is -9.50. The topological polar surface area (TPSA) is 8.17 Å². The third-order valence-corrected chi connectivity index (χ3v) is 14.2. The molecule has 13 aromatic rings. The van der Waals surface area contributed by atoms with Crippen molar-refractivity contribution in [2.24, 2.45) is 0 Å². The highest BCUT2D eigenvalue weighted by Crippen LogP contribution is 2.42. The van der Waals surface area contributed by atoms with Gasteiger partial charge in [0, 0.05) is 33.4 Å². The van der Waals surface area contributed by atoms with Crippen LogP contribution in [-0.4, -0.2) is 4.57 Å². The van der Waals surface area contributed by atoms with Crippen LogP contribution in [0.2, 0.25) is 0 Å². The molecular formula is C70H48N2. The van der Waals surface area contributed by atoms with Crippen LogP contribution in [0.1, 0.15) is 0 Å². The number of para-hydroxylation sites is 1. The summed E-state index contributed by atoms with van der Waals surface area (Å²) in [6.45, 7) is 0. The van der Waals surface area contributed by atoms with E-state index in [1.54, 1.807) is 0 Å². The van der Waals surface area contributed by atoms with Gasteiger partial charge in [-0.25, -0.2) is 0 Å². The number of anilines is 3. The predicted molar refractivity (Wildman–Crippen MR) is 306 cm³/mol. The van der Waals surface area contributed by atoms with Crippen molar-refractivity contribution < 1.29 is 0 Å². The molecule has 0 aliphatic rings. The summed E-state index contributed by atoms with van der Waals surface area (Å²) < 4.78 is 2.49. The van der Waals surface area contributed by atoms with E-state index in [1.807, 2.05) is 0 Å². The molecule has 0 unspecified atom stereocenters. The van der Waals surface area contributed by atoms with Crippen molar-refractivity contribution in [2.45, 2.75) is 0 Å². The van der Waals surface area contributed by atoms with E-state index in [0.717, 1.165) is 39.4 Å². The van der Waals surface area contributed by atoms with Gasteiger partial charge in [0.15, 0.2) is 0 Å². The van der Waals surface area contributed by atoms with Gasteiger partial charge in [-0.15, -0.1) is 0 Å². The fourth-order valence-electron chi connectivity index (χ4n) is 10.6. The lowest BCUT2D eigenvalue weighted by molar-refractivity contribution is 1.18. The van der Waals surface area contributed by atoms with Crippen LogP contribution >= 0.6 is 0 Å². The van der Waals surface area contributed by atoms with Gasteiger partial charge in [0.1, 0.15) is 0 Å². The molecule has 0 N–H and O–H groups in total. The molecule has 72 heavy (non-hydrogen) atoms. The Labute approximate surface area is 420 Å². The summed E-state index contributed by atoms with van der Waals surface area (Å²) in [5, 5.41) is 4.96. The van der Waals surface area contributed by atoms with Gasteiger partial charge < -0.3 is 9.47 Å². The minimum absolute atomic E-state index is 1.09. The van der Waals surface area contributed by atoms with Crippen molar-refractivity contribution in [1.29, 1.82) is 0 Å². The van der Waals surface area contributed by atoms with E-state index in [-0.39, 0.29) is 0 Å². The van der Waals surface area contributed by atoms with Gasteiger partial charge in [0.05, 0.1) is 16.7 Å². The van der Waals surface area contributed by atoms with Crippen molar-refractivity contribution in [3.63, 3.8) is 0 Å². The first-order chi connectivity index (χ1) is 35.7. The van der Waals surface area contributed by atoms with E-state index in [0.29, 0.717) is 0 Å². The Morgan fingerprint density at radius 1 is 0.222 bits per heavy atom. The molecule has 12 aromatic carbocycles. The lowest BCUT2D eigenvalue weighted by Gasteiger charge is -2.26. The van der Waals surface area contributed by atoms with Crippen LogP contribution in [0.25, 0.3) is 105 Å². The summed E-state index contributed by atoms with van der Waals surface area (Å²) in [4.78, 5) is 2.34. The molecule has 0 saturated carbocycles. The van der Waals surface area contributed by atoms with Crippen LogP contribution in [0, 0.1) is 0 Å². The van der Waals surface area contributed by atoms with Gasteiger partial charge in [0.25, 0.3) is 0 Å². The molecule has 0 fully saturated rings. The average molecular weight is 917 g/mol. The van der Waals surface area contributed by atoms with Crippen LogP contribution in [0.4, 0.5) is 17.1 Å². The molecule has 2 nitrogen and oxygen atoms in total. The predicted octanol–water partition coefficient (Wildman–Crippen LogP) is 19.4. The highest BCUT2D eigenvalue weighted by atomic mass is 15.1. The molecule has 0 bridgehead atoms. The highest BCUT2D eigenvalue weighted by molar-refractivity contribution is 6.12. The Kier molecular flexibility index (Phi) is 10.9. The van der Waals surface area contributed by atoms with Gasteiger partial charge in [-0.3, -0.25) is 0 Å². The van der Waals surface area contributed by atoms with E-state index in [9.17, 15) is 0 Å². The first-order valence-corrected chi connectivity index (χ1v) is 24.7. The number of hydrogen-bond donors (Lipinski definition) is 0. The van der Waals surface area contributed by atoms with Crippen molar-refractivity contribution in [3.8, 4) is 72.4 Å². The zero-order chi connectivity index (χ0) is 47.8. The molecule has 0 radical (unpaired) electrons. The number of benzene rings is 12. The van der Waals surface area contributed by atoms with E-state index in [1.165, 1.54) is 82.6 Å². The number of fused-ring (bicyclic) bond motifs is 4. The van der Waals surface area contributed by atoms with Crippen LogP contribution in [0.15, 0.2) is 291 Å². The molecule has 1 aromatic heterocycles. The molecule has 0 atom stereocenters. The average Bonchev–Trinajstić information content (AvgIpc) is 3.79. The fourth-order valence-corrected chi connectivity index (χ4v) is 10.6. The van der Waals surface area contributed by atoms with E-state index in [2.05, 4.69) is 301 Å². The minimum Gasteiger partial charge on any atom is -0.311 e. The van der Waals surface area contributed by atoms with Gasteiger partial charge in [-0.1, -0.05) is 237 Å². The summed E-state index contributed by atoms with van der Waals surface area (Å²) in [6.07, 6.45) is 0. The Morgan fingerprint density at radius 2 is 0.583 bits per heavy atom. The standard InChI is InChI=1S/C70H48N2/c1-4-15-49(16-5-1)53-31-39-60(40-32-53)71(61-41-33-54(34-42-61)50-17-6-2-7-18-50)62-43-35-55(36-44-62)52-27-29-57(30-28-52)65-24-12-13-26-68(65)72-69-47-58(51-19-8-3-9-20-51)37-45-66(69)67-46-38-59(48-70(67)72)64-25-14-22-56-21-10-11-23-63(56)64/h1-48H. The Morgan fingerprint density at radius 3 is 1.12 bits per heavy atom. The summed E-state index contributed by atoms with van der Waals surface area (Å²) in [5.41, 5.74) is 21.1. The van der Waals surface area contributed by atoms with Crippen LogP contribution in [-0.2, 0) is 0 Å². The van der Waals surface area contributed by atoms with Crippen molar-refractivity contribution in [2.75, 3.05) is 4.90 Å². The highest BCUT2D eigenvalue weighted by Gasteiger charge is 2.19. The maximum absolute atomic E-state index is 2.49. The molecule has 0 amide bonds. The molecule has 2 heteroatoms. The van der Waals surface area contributed by atoms with Crippen LogP contribution < -0.4 is 4.90 Å². The minimum atomic E-state index is 1.09. The van der Waals surface area contributed by atoms with Crippen molar-refractivity contribution in [3.05, 3.63) is 291 Å². The normalized spacial score (nSPS) is 11.3. The van der Waals surface area contributed by atoms with Crippen LogP contribution in [0.3, 0.4) is 0 Å². The number of nitrogens with zero attached hydrogens (tertiary/aromatic N) is 2. The Balaban J connectivity index is 0.870. The van der Waals surface area contributed by atoms with Crippen molar-refractivity contribution >= 4 is 49.6 Å². The summed E-state index contributed by atoms with van der Waals surface area (Å²) in [5.74, 6) is 0. The number of hydrogen-bond acceptors (Lipinski definition) is 1. The zero-order valence-electron chi connectivity index (χ0n) is 39.6. The second-order valence-corrected chi connectivity index (χ2v) is 18.5. The molecule has 13 rings (SSSR count). The zero-order valence-corrected chi connectivity index (χ0v) is 39.6. The molecule has 0 saturated heterocycles. The maximum atomic E-state index is 2.49. The van der Waals surface area contributed by atoms with Gasteiger partial charge in [-0.05, 0) is 127 Å². The number of rotatable bonds is 10. The third-order valence-electron chi connectivity index (χ3n) is 14.2. The monoisotopic (exact) mass is 916 g/mol. The third kappa shape index (κ3) is 7.92.